The maximum Gasteiger partial charge on any atom is 0.220 e. The molecule has 1 atom stereocenters. The van der Waals surface area contributed by atoms with Gasteiger partial charge in [-0.05, 0) is 49.1 Å². The molecule has 1 aromatic heterocycles. The third kappa shape index (κ3) is 12.5. The summed E-state index contributed by atoms with van der Waals surface area (Å²) in [6, 6.07) is 15.6. The first-order chi connectivity index (χ1) is 18.6. The molecule has 1 unspecified atom stereocenters. The summed E-state index contributed by atoms with van der Waals surface area (Å²) >= 11 is 0. The number of H-pyrrole nitrogens is 1. The van der Waals surface area contributed by atoms with Gasteiger partial charge in [0.25, 0.3) is 0 Å². The number of nitrogens with one attached hydrogen (secondary N) is 2. The van der Waals surface area contributed by atoms with Crippen molar-refractivity contribution in [3.8, 4) is 0 Å². The molecule has 0 aliphatic rings. The molecule has 216 valence electrons. The van der Waals surface area contributed by atoms with Gasteiger partial charge in [-0.1, -0.05) is 103 Å². The Kier molecular flexibility index (Phi) is 15.8. The highest BCUT2D eigenvalue weighted by atomic mass is 16.2. The molecule has 0 aliphatic carbocycles. The number of carbonyl (C=O) groups excluding carboxylic acids is 2. The van der Waals surface area contributed by atoms with Crippen LogP contribution in [0, 0.1) is 0 Å². The molecule has 0 bridgehead atoms. The highest BCUT2D eigenvalue weighted by Crippen LogP contribution is 2.26. The van der Waals surface area contributed by atoms with Gasteiger partial charge in [0.15, 0.2) is 5.78 Å². The second-order valence-corrected chi connectivity index (χ2v) is 11.0. The summed E-state index contributed by atoms with van der Waals surface area (Å²) in [5.74, 6) is -0.0122. The van der Waals surface area contributed by atoms with Crippen LogP contribution in [0.1, 0.15) is 97.1 Å². The van der Waals surface area contributed by atoms with Crippen LogP contribution in [0.5, 0.6) is 0 Å². The molecule has 0 spiro atoms. The summed E-state index contributed by atoms with van der Waals surface area (Å²) in [7, 11) is 1.50. The number of ketones is 1. The van der Waals surface area contributed by atoms with Gasteiger partial charge in [-0.15, -0.1) is 0 Å². The second-order valence-electron chi connectivity index (χ2n) is 11.0. The van der Waals surface area contributed by atoms with Crippen LogP contribution in [0.3, 0.4) is 0 Å². The fourth-order valence-electron chi connectivity index (χ4n) is 4.51. The monoisotopic (exact) mass is 536 g/mol. The van der Waals surface area contributed by atoms with Gasteiger partial charge in [0.1, 0.15) is 0 Å². The summed E-state index contributed by atoms with van der Waals surface area (Å²) in [5.41, 5.74) is 14.7. The number of anilines is 1. The van der Waals surface area contributed by atoms with Crippen LogP contribution in [-0.2, 0) is 21.4 Å². The Labute approximate surface area is 236 Å². The first-order valence-corrected chi connectivity index (χ1v) is 14.4. The molecule has 0 saturated carbocycles. The van der Waals surface area contributed by atoms with Crippen molar-refractivity contribution in [1.82, 2.24) is 10.3 Å². The lowest BCUT2D eigenvalue weighted by molar-refractivity contribution is -0.126. The minimum absolute atomic E-state index is 0.00296. The predicted molar refractivity (Wildman–Crippen MR) is 167 cm³/mol. The van der Waals surface area contributed by atoms with Crippen molar-refractivity contribution in [1.29, 1.82) is 0 Å². The van der Waals surface area contributed by atoms with Gasteiger partial charge < -0.3 is 21.8 Å². The molecule has 3 rings (SSSR count). The molecule has 6 nitrogen and oxygen atoms in total. The Morgan fingerprint density at radius 1 is 0.897 bits per heavy atom. The van der Waals surface area contributed by atoms with Crippen molar-refractivity contribution in [2.75, 3.05) is 12.8 Å². The van der Waals surface area contributed by atoms with E-state index < -0.39 is 6.04 Å². The number of para-hydroxylation sites is 2. The van der Waals surface area contributed by atoms with Crippen molar-refractivity contribution < 1.29 is 9.59 Å². The molecule has 0 fully saturated rings. The maximum atomic E-state index is 12.2. The zero-order valence-corrected chi connectivity index (χ0v) is 25.1. The van der Waals surface area contributed by atoms with Gasteiger partial charge in [-0.3, -0.25) is 9.59 Å². The van der Waals surface area contributed by atoms with Crippen LogP contribution in [0.15, 0.2) is 54.7 Å². The number of hydrogen-bond donors (Lipinski definition) is 4. The Morgan fingerprint density at radius 2 is 1.49 bits per heavy atom. The van der Waals surface area contributed by atoms with Gasteiger partial charge in [-0.2, -0.15) is 0 Å². The fourth-order valence-corrected chi connectivity index (χ4v) is 4.51. The van der Waals surface area contributed by atoms with Crippen LogP contribution < -0.4 is 16.8 Å². The van der Waals surface area contributed by atoms with Gasteiger partial charge in [0.2, 0.25) is 5.91 Å². The number of aromatic amines is 1. The Morgan fingerprint density at radius 3 is 2.08 bits per heavy atom. The molecule has 6 heteroatoms. The van der Waals surface area contributed by atoms with E-state index in [1.807, 2.05) is 48.7 Å². The van der Waals surface area contributed by atoms with E-state index >= 15 is 0 Å². The van der Waals surface area contributed by atoms with Crippen molar-refractivity contribution in [3.05, 3.63) is 65.9 Å². The van der Waals surface area contributed by atoms with E-state index in [1.54, 1.807) is 6.92 Å². The van der Waals surface area contributed by atoms with E-state index in [0.717, 1.165) is 35.0 Å². The number of hydrogen-bond acceptors (Lipinski definition) is 4. The lowest BCUT2D eigenvalue weighted by atomic mass is 9.86. The van der Waals surface area contributed by atoms with E-state index in [4.69, 9.17) is 5.73 Å². The smallest absolute Gasteiger partial charge is 0.220 e. The van der Waals surface area contributed by atoms with Crippen molar-refractivity contribution in [2.24, 2.45) is 5.73 Å². The minimum atomic E-state index is -0.453. The van der Waals surface area contributed by atoms with Gasteiger partial charge in [0, 0.05) is 35.6 Å². The molecule has 39 heavy (non-hydrogen) atoms. The largest absolute Gasteiger partial charge is 0.398 e. The van der Waals surface area contributed by atoms with Crippen molar-refractivity contribution >= 4 is 28.3 Å². The molecule has 1 amide bonds. The zero-order valence-electron chi connectivity index (χ0n) is 25.1. The zero-order chi connectivity index (χ0) is 29.3. The fraction of sp³-hybridized carbons (Fsp3) is 0.515. The number of fused-ring (bicyclic) bond motifs is 1. The number of nitrogen functional groups attached to an aromatic ring is 1. The molecule has 1 heterocycles. The summed E-state index contributed by atoms with van der Waals surface area (Å²) < 4.78 is 0. The van der Waals surface area contributed by atoms with E-state index in [1.165, 1.54) is 44.7 Å². The lowest BCUT2D eigenvalue weighted by Crippen LogP contribution is -2.41. The van der Waals surface area contributed by atoms with Gasteiger partial charge >= 0.3 is 0 Å². The molecule has 0 aliphatic heterocycles. The van der Waals surface area contributed by atoms with Crippen molar-refractivity contribution in [3.63, 3.8) is 0 Å². The molecule has 3 aromatic rings. The first kappa shape index (κ1) is 33.9. The highest BCUT2D eigenvalue weighted by Gasteiger charge is 2.19. The number of benzene rings is 2. The molecule has 0 radical (unpaired) electrons. The van der Waals surface area contributed by atoms with Crippen LogP contribution in [0.4, 0.5) is 5.69 Å². The SMILES string of the molecule is CC(C)(C)c1ccccc1N.CCCCCCCCCC(=O)NC(Cc1c[nH]c2ccccc12)C(C)=O.CN. The van der Waals surface area contributed by atoms with Gasteiger partial charge in [0.05, 0.1) is 6.04 Å². The first-order valence-electron chi connectivity index (χ1n) is 14.4. The van der Waals surface area contributed by atoms with Crippen LogP contribution in [0.2, 0.25) is 0 Å². The second kappa shape index (κ2) is 18.2. The minimum Gasteiger partial charge on any atom is -0.398 e. The average Bonchev–Trinajstić information content (AvgIpc) is 3.31. The lowest BCUT2D eigenvalue weighted by Gasteiger charge is -2.20. The van der Waals surface area contributed by atoms with E-state index in [-0.39, 0.29) is 17.1 Å². The molecule has 2 aromatic carbocycles. The summed E-state index contributed by atoms with van der Waals surface area (Å²) in [6.45, 7) is 10.3. The van der Waals surface area contributed by atoms with E-state index in [2.05, 4.69) is 49.8 Å². The standard InChI is InChI=1S/C22H32N2O2.C10H15N.CH5N/c1-3-4-5-6-7-8-9-14-22(26)24-21(17(2)25)15-18-16-23-20-13-11-10-12-19(18)20;1-10(2,3)8-6-4-5-7-9(8)11;1-2/h10-13,16,21,23H,3-9,14-15H2,1-2H3,(H,24,26);4-7H,11H2,1-3H3;2H2,1H3. The van der Waals surface area contributed by atoms with Crippen LogP contribution >= 0.6 is 0 Å². The number of rotatable bonds is 12. The predicted octanol–water partition coefficient (Wildman–Crippen LogP) is 7.07. The van der Waals surface area contributed by atoms with Crippen LogP contribution in [0.25, 0.3) is 10.9 Å². The third-order valence-electron chi connectivity index (χ3n) is 6.70. The highest BCUT2D eigenvalue weighted by molar-refractivity contribution is 5.89. The number of carbonyl (C=O) groups is 2. The summed E-state index contributed by atoms with van der Waals surface area (Å²) in [4.78, 5) is 27.4. The van der Waals surface area contributed by atoms with E-state index in [9.17, 15) is 9.59 Å². The quantitative estimate of drug-likeness (QED) is 0.146. The number of Topliss-reactive ketones (excluding diaryl/α,β-unsaturated/α-hetero) is 1. The molecular formula is C33H52N4O2. The Hall–Kier alpha value is -3.12. The number of aromatic nitrogens is 1. The molecule has 6 N–H and O–H groups in total. The normalized spacial score (nSPS) is 11.6. The molecular weight excluding hydrogens is 484 g/mol. The number of amides is 1. The van der Waals surface area contributed by atoms with Gasteiger partial charge in [-0.25, -0.2) is 0 Å². The number of unbranched alkanes of at least 4 members (excludes halogenated alkanes) is 6. The number of nitrogens with two attached hydrogens (primary N) is 2. The van der Waals surface area contributed by atoms with Crippen molar-refractivity contribution in [2.45, 2.75) is 104 Å². The van der Waals surface area contributed by atoms with Crippen LogP contribution in [-0.4, -0.2) is 29.8 Å². The third-order valence-corrected chi connectivity index (χ3v) is 6.70. The maximum absolute atomic E-state index is 12.2. The summed E-state index contributed by atoms with van der Waals surface area (Å²) in [5, 5.41) is 4.04. The molecule has 0 saturated heterocycles. The Bertz CT molecular complexity index is 1110. The van der Waals surface area contributed by atoms with E-state index in [0.29, 0.717) is 12.8 Å². The average molecular weight is 537 g/mol. The Balaban J connectivity index is 0.000000487. The summed E-state index contributed by atoms with van der Waals surface area (Å²) in [6.07, 6.45) is 11.3. The topological polar surface area (TPSA) is 114 Å².